The van der Waals surface area contributed by atoms with Crippen LogP contribution in [-0.2, 0) is 4.79 Å². The van der Waals surface area contributed by atoms with Crippen LogP contribution in [0.5, 0.6) is 0 Å². The molecular weight excluding hydrogens is 300 g/mol. The van der Waals surface area contributed by atoms with Crippen LogP contribution in [0.25, 0.3) is 0 Å². The average molecular weight is 317 g/mol. The first-order valence-corrected chi connectivity index (χ1v) is 7.58. The summed E-state index contributed by atoms with van der Waals surface area (Å²) in [6.07, 6.45) is -0.235. The van der Waals surface area contributed by atoms with Crippen molar-refractivity contribution in [1.29, 1.82) is 0 Å². The molecule has 114 valence electrons. The van der Waals surface area contributed by atoms with Gasteiger partial charge in [-0.2, -0.15) is 0 Å². The van der Waals surface area contributed by atoms with Crippen LogP contribution in [0, 0.1) is 0 Å². The minimum absolute atomic E-state index is 0.00377. The Kier molecular flexibility index (Phi) is 4.32. The number of β-amino-alcohol motifs (C(OH)–C–C–N with tert-alkyl or cyclic N) is 1. The highest BCUT2D eigenvalue weighted by atomic mass is 35.5. The summed E-state index contributed by atoms with van der Waals surface area (Å²) in [6.45, 7) is 1.00. The molecule has 0 saturated carbocycles. The highest BCUT2D eigenvalue weighted by Gasteiger charge is 2.21. The first-order chi connectivity index (χ1) is 10.6. The summed E-state index contributed by atoms with van der Waals surface area (Å²) in [5.41, 5.74) is 2.53. The van der Waals surface area contributed by atoms with E-state index in [9.17, 15) is 9.90 Å². The lowest BCUT2D eigenvalue weighted by Gasteiger charge is -2.26. The van der Waals surface area contributed by atoms with Gasteiger partial charge in [0.2, 0.25) is 5.91 Å². The lowest BCUT2D eigenvalue weighted by atomic mass is 10.1. The summed E-state index contributed by atoms with van der Waals surface area (Å²) in [5.74, 6) is -0.00377. The molecule has 1 heterocycles. The molecule has 1 aliphatic rings. The highest BCUT2D eigenvalue weighted by Crippen LogP contribution is 2.30. The standard InChI is InChI=1S/C17H17ClN2O2/c18-13-7-5-12(6-8-13)16(21)11-20-10-9-17(22)19-14-3-1-2-4-15(14)20/h1-8,16,21H,9-11H2,(H,19,22). The Labute approximate surface area is 134 Å². The Morgan fingerprint density at radius 3 is 2.68 bits per heavy atom. The molecule has 1 amide bonds. The molecule has 1 unspecified atom stereocenters. The molecule has 5 heteroatoms. The van der Waals surface area contributed by atoms with Crippen molar-refractivity contribution < 1.29 is 9.90 Å². The van der Waals surface area contributed by atoms with Crippen LogP contribution in [0.1, 0.15) is 18.1 Å². The zero-order valence-electron chi connectivity index (χ0n) is 12.0. The van der Waals surface area contributed by atoms with Gasteiger partial charge in [0.05, 0.1) is 17.5 Å². The normalized spacial score (nSPS) is 15.7. The van der Waals surface area contributed by atoms with Crippen LogP contribution < -0.4 is 10.2 Å². The van der Waals surface area contributed by atoms with E-state index in [1.807, 2.05) is 41.3 Å². The Morgan fingerprint density at radius 2 is 1.91 bits per heavy atom. The SMILES string of the molecule is O=C1CCN(CC(O)c2ccc(Cl)cc2)c2ccccc2N1. The molecule has 1 atom stereocenters. The average Bonchev–Trinajstić information content (AvgIpc) is 2.67. The van der Waals surface area contributed by atoms with Gasteiger partial charge in [0.15, 0.2) is 0 Å². The number of aliphatic hydroxyl groups excluding tert-OH is 1. The smallest absolute Gasteiger partial charge is 0.226 e. The number of amides is 1. The van der Waals surface area contributed by atoms with Crippen LogP contribution in [0.4, 0.5) is 11.4 Å². The molecule has 3 rings (SSSR count). The van der Waals surface area contributed by atoms with Crippen LogP contribution in [0.3, 0.4) is 0 Å². The predicted octanol–water partition coefficient (Wildman–Crippen LogP) is 3.22. The van der Waals surface area contributed by atoms with Gasteiger partial charge in [-0.05, 0) is 29.8 Å². The van der Waals surface area contributed by atoms with Gasteiger partial charge in [0.25, 0.3) is 0 Å². The largest absolute Gasteiger partial charge is 0.387 e. The second-order valence-corrected chi connectivity index (χ2v) is 5.77. The van der Waals surface area contributed by atoms with Gasteiger partial charge in [0.1, 0.15) is 0 Å². The summed E-state index contributed by atoms with van der Waals surface area (Å²) in [5, 5.41) is 14.0. The first-order valence-electron chi connectivity index (χ1n) is 7.21. The molecule has 2 N–H and O–H groups in total. The van der Waals surface area contributed by atoms with E-state index in [2.05, 4.69) is 5.32 Å². The molecule has 1 aliphatic heterocycles. The number of hydrogen-bond donors (Lipinski definition) is 2. The summed E-state index contributed by atoms with van der Waals surface area (Å²) >= 11 is 5.88. The van der Waals surface area contributed by atoms with Gasteiger partial charge in [0, 0.05) is 24.5 Å². The zero-order valence-corrected chi connectivity index (χ0v) is 12.8. The molecule has 4 nitrogen and oxygen atoms in total. The van der Waals surface area contributed by atoms with Crippen molar-refractivity contribution in [3.8, 4) is 0 Å². The maximum absolute atomic E-state index is 11.8. The molecule has 22 heavy (non-hydrogen) atoms. The monoisotopic (exact) mass is 316 g/mol. The molecule has 2 aromatic carbocycles. The van der Waals surface area contributed by atoms with Crippen molar-refractivity contribution in [2.45, 2.75) is 12.5 Å². The lowest BCUT2D eigenvalue weighted by Crippen LogP contribution is -2.29. The summed E-state index contributed by atoms with van der Waals surface area (Å²) in [6, 6.07) is 14.8. The van der Waals surface area contributed by atoms with Crippen molar-refractivity contribution in [2.24, 2.45) is 0 Å². The zero-order chi connectivity index (χ0) is 15.5. The van der Waals surface area contributed by atoms with E-state index in [1.54, 1.807) is 12.1 Å². The predicted molar refractivity (Wildman–Crippen MR) is 88.3 cm³/mol. The van der Waals surface area contributed by atoms with Gasteiger partial charge >= 0.3 is 0 Å². The Bertz CT molecular complexity index is 673. The summed E-state index contributed by atoms with van der Waals surface area (Å²) < 4.78 is 0. The minimum Gasteiger partial charge on any atom is -0.387 e. The lowest BCUT2D eigenvalue weighted by molar-refractivity contribution is -0.116. The van der Waals surface area contributed by atoms with E-state index >= 15 is 0 Å². The molecule has 0 aliphatic carbocycles. The van der Waals surface area contributed by atoms with E-state index in [-0.39, 0.29) is 5.91 Å². The van der Waals surface area contributed by atoms with Crippen molar-refractivity contribution in [1.82, 2.24) is 0 Å². The fourth-order valence-electron chi connectivity index (χ4n) is 2.61. The maximum Gasteiger partial charge on any atom is 0.226 e. The van der Waals surface area contributed by atoms with Gasteiger partial charge in [-0.15, -0.1) is 0 Å². The Hall–Kier alpha value is -2.04. The number of para-hydroxylation sites is 2. The third-order valence-corrected chi connectivity index (χ3v) is 4.03. The van der Waals surface area contributed by atoms with Gasteiger partial charge in [-0.3, -0.25) is 4.79 Å². The minimum atomic E-state index is -0.640. The number of nitrogens with zero attached hydrogens (tertiary/aromatic N) is 1. The van der Waals surface area contributed by atoms with Crippen molar-refractivity contribution in [3.05, 3.63) is 59.1 Å². The van der Waals surface area contributed by atoms with E-state index < -0.39 is 6.10 Å². The highest BCUT2D eigenvalue weighted by molar-refractivity contribution is 6.30. The van der Waals surface area contributed by atoms with Crippen LogP contribution in [0.15, 0.2) is 48.5 Å². The number of carbonyl (C=O) groups is 1. The molecule has 0 fully saturated rings. The van der Waals surface area contributed by atoms with Gasteiger partial charge in [-0.1, -0.05) is 35.9 Å². The number of nitrogens with one attached hydrogen (secondary N) is 1. The second kappa shape index (κ2) is 6.38. The van der Waals surface area contributed by atoms with Crippen molar-refractivity contribution in [3.63, 3.8) is 0 Å². The van der Waals surface area contributed by atoms with Gasteiger partial charge < -0.3 is 15.3 Å². The molecule has 0 aromatic heterocycles. The van der Waals surface area contributed by atoms with Crippen molar-refractivity contribution >= 4 is 28.9 Å². The number of hydrogen-bond acceptors (Lipinski definition) is 3. The van der Waals surface area contributed by atoms with Crippen molar-refractivity contribution in [2.75, 3.05) is 23.3 Å². The number of rotatable bonds is 3. The number of carbonyl (C=O) groups excluding carboxylic acids is 1. The third kappa shape index (κ3) is 3.24. The number of fused-ring (bicyclic) bond motifs is 1. The van der Waals surface area contributed by atoms with E-state index in [0.717, 1.165) is 16.9 Å². The van der Waals surface area contributed by atoms with E-state index in [4.69, 9.17) is 11.6 Å². The molecular formula is C17H17ClN2O2. The molecule has 0 spiro atoms. The Balaban J connectivity index is 1.82. The van der Waals surface area contributed by atoms with E-state index in [1.165, 1.54) is 0 Å². The topological polar surface area (TPSA) is 52.6 Å². The second-order valence-electron chi connectivity index (χ2n) is 5.33. The fraction of sp³-hybridized carbons (Fsp3) is 0.235. The van der Waals surface area contributed by atoms with Crippen LogP contribution >= 0.6 is 11.6 Å². The fourth-order valence-corrected chi connectivity index (χ4v) is 2.74. The number of benzene rings is 2. The summed E-state index contributed by atoms with van der Waals surface area (Å²) in [7, 11) is 0. The molecule has 0 bridgehead atoms. The Morgan fingerprint density at radius 1 is 1.18 bits per heavy atom. The quantitative estimate of drug-likeness (QED) is 0.914. The number of halogens is 1. The molecule has 2 aromatic rings. The van der Waals surface area contributed by atoms with E-state index in [0.29, 0.717) is 24.5 Å². The van der Waals surface area contributed by atoms with Crippen LogP contribution in [0.2, 0.25) is 5.02 Å². The van der Waals surface area contributed by atoms with Crippen LogP contribution in [-0.4, -0.2) is 24.1 Å². The first kappa shape index (κ1) is 14.9. The summed E-state index contributed by atoms with van der Waals surface area (Å²) in [4.78, 5) is 13.8. The third-order valence-electron chi connectivity index (χ3n) is 3.78. The maximum atomic E-state index is 11.8. The molecule has 0 saturated heterocycles. The number of aliphatic hydroxyl groups is 1. The molecule has 0 radical (unpaired) electrons. The number of anilines is 2. The van der Waals surface area contributed by atoms with Gasteiger partial charge in [-0.25, -0.2) is 0 Å².